The van der Waals surface area contributed by atoms with Crippen LogP contribution in [0, 0.1) is 19.3 Å². The molecule has 0 unspecified atom stereocenters. The van der Waals surface area contributed by atoms with Gasteiger partial charge in [0.1, 0.15) is 11.2 Å². The van der Waals surface area contributed by atoms with Gasteiger partial charge in [0.05, 0.1) is 0 Å². The summed E-state index contributed by atoms with van der Waals surface area (Å²) in [6.45, 7) is 9.55. The summed E-state index contributed by atoms with van der Waals surface area (Å²) >= 11 is 0. The third kappa shape index (κ3) is 9.74. The number of allylic oxidation sites excluding steroid dienone is 3. The third-order valence-corrected chi connectivity index (χ3v) is 10.1. The lowest BCUT2D eigenvalue weighted by Crippen LogP contribution is -2.01. The predicted octanol–water partition coefficient (Wildman–Crippen LogP) is 14.0. The largest absolute Gasteiger partial charge is 0.455 e. The van der Waals surface area contributed by atoms with E-state index in [2.05, 4.69) is 179 Å². The monoisotopic (exact) mass is 745 g/mol. The molecule has 5 N–H and O–H groups in total. The fraction of sp³-hybridized carbons (Fsp3) is 0.113. The number of anilines is 1. The molecule has 8 aromatic rings. The van der Waals surface area contributed by atoms with Gasteiger partial charge in [-0.25, -0.2) is 0 Å². The molecule has 0 aliphatic heterocycles. The minimum absolute atomic E-state index is 0.691. The van der Waals surface area contributed by atoms with E-state index in [4.69, 9.17) is 21.3 Å². The number of nitrogen functional groups attached to an aromatic ring is 1. The molecule has 0 spiro atoms. The van der Waals surface area contributed by atoms with Gasteiger partial charge in [-0.2, -0.15) is 0 Å². The minimum Gasteiger partial charge on any atom is -0.455 e. The zero-order chi connectivity index (χ0) is 40.1. The van der Waals surface area contributed by atoms with Crippen LogP contribution in [0.25, 0.3) is 66.6 Å². The van der Waals surface area contributed by atoms with Crippen LogP contribution in [0.3, 0.4) is 0 Å². The summed E-state index contributed by atoms with van der Waals surface area (Å²) in [4.78, 5) is 0. The molecule has 57 heavy (non-hydrogen) atoms. The maximum atomic E-state index is 6.52. The molecule has 0 saturated heterocycles. The van der Waals surface area contributed by atoms with Crippen molar-refractivity contribution in [3.05, 3.63) is 198 Å². The number of benzene rings is 7. The van der Waals surface area contributed by atoms with Crippen LogP contribution >= 0.6 is 0 Å². The quantitative estimate of drug-likeness (QED) is 0.0931. The highest BCUT2D eigenvalue weighted by atomic mass is 16.3. The summed E-state index contributed by atoms with van der Waals surface area (Å²) in [6.07, 6.45) is 11.0. The first-order chi connectivity index (χ1) is 27.9. The number of rotatable bonds is 5. The molecule has 7 aromatic carbocycles. The molecular formula is C53H51N3O. The lowest BCUT2D eigenvalue weighted by molar-refractivity contribution is 0.670. The van der Waals surface area contributed by atoms with Crippen molar-refractivity contribution in [1.29, 1.82) is 5.41 Å². The van der Waals surface area contributed by atoms with Gasteiger partial charge in [0, 0.05) is 34.1 Å². The van der Waals surface area contributed by atoms with Gasteiger partial charge in [0.2, 0.25) is 0 Å². The molecule has 9 rings (SSSR count). The van der Waals surface area contributed by atoms with E-state index in [1.807, 2.05) is 24.3 Å². The van der Waals surface area contributed by atoms with Gasteiger partial charge in [-0.05, 0) is 109 Å². The number of fused-ring (bicyclic) bond motifs is 4. The summed E-state index contributed by atoms with van der Waals surface area (Å²) in [7, 11) is 0. The van der Waals surface area contributed by atoms with Crippen LogP contribution in [-0.4, -0.2) is 13.3 Å². The molecule has 1 aliphatic carbocycles. The Kier molecular flexibility index (Phi) is 13.5. The molecule has 0 bridgehead atoms. The topological polar surface area (TPSA) is 89.0 Å². The van der Waals surface area contributed by atoms with Gasteiger partial charge in [-0.1, -0.05) is 163 Å². The van der Waals surface area contributed by atoms with Crippen molar-refractivity contribution in [2.45, 2.75) is 33.6 Å². The third-order valence-electron chi connectivity index (χ3n) is 10.1. The Morgan fingerprint density at radius 2 is 1.32 bits per heavy atom. The maximum Gasteiger partial charge on any atom is 0.143 e. The van der Waals surface area contributed by atoms with Crippen LogP contribution < -0.4 is 11.5 Å². The fourth-order valence-electron chi connectivity index (χ4n) is 7.07. The predicted molar refractivity (Wildman–Crippen MR) is 248 cm³/mol. The highest BCUT2D eigenvalue weighted by Gasteiger charge is 2.14. The molecule has 4 nitrogen and oxygen atoms in total. The summed E-state index contributed by atoms with van der Waals surface area (Å²) in [5, 5.41) is 10.4. The smallest absolute Gasteiger partial charge is 0.143 e. The van der Waals surface area contributed by atoms with Crippen LogP contribution in [0.5, 0.6) is 0 Å². The highest BCUT2D eigenvalue weighted by Crippen LogP contribution is 2.38. The van der Waals surface area contributed by atoms with Gasteiger partial charge in [0.15, 0.2) is 0 Å². The Labute approximate surface area is 337 Å². The Balaban J connectivity index is 0.000000212. The molecule has 284 valence electrons. The molecule has 0 radical (unpaired) electrons. The first-order valence-electron chi connectivity index (χ1n) is 19.4. The van der Waals surface area contributed by atoms with Gasteiger partial charge < -0.3 is 21.3 Å². The molecular weight excluding hydrogens is 695 g/mol. The standard InChI is InChI=1S/C34H27NO.C11H10.C7H11N.CH3N/c1-22-16-18-24(19-17-22)23(2)20-31-27(11-7-14-32(31)35)25-8-5-9-26(21-25)28-12-6-13-30-29-10-3-4-15-33(29)36-34(28)30;1-9-6-7-10-4-2-3-5-11(10)8-9;8-6-7-4-2-1-3-5-7;1-2/h3-21H,35H2,1-2H3;2-8H,1H3;2,4-5H,1,3,6,8H2;2H,1H2/b23-20+;;;. The Hall–Kier alpha value is -6.75. The number of nitrogens with two attached hydrogens (primary N) is 2. The van der Waals surface area contributed by atoms with Gasteiger partial charge >= 0.3 is 0 Å². The van der Waals surface area contributed by atoms with Gasteiger partial charge in [-0.15, -0.1) is 0 Å². The van der Waals surface area contributed by atoms with Gasteiger partial charge in [0.25, 0.3) is 0 Å². The number of para-hydroxylation sites is 2. The molecule has 1 aromatic heterocycles. The number of hydrogen-bond acceptors (Lipinski definition) is 4. The van der Waals surface area contributed by atoms with Crippen molar-refractivity contribution in [2.75, 3.05) is 12.3 Å². The van der Waals surface area contributed by atoms with Crippen LogP contribution in [0.1, 0.15) is 42.0 Å². The Bertz CT molecular complexity index is 2690. The van der Waals surface area contributed by atoms with E-state index in [0.29, 0.717) is 6.54 Å². The second-order valence-corrected chi connectivity index (χ2v) is 14.2. The zero-order valence-corrected chi connectivity index (χ0v) is 33.1. The minimum atomic E-state index is 0.691. The second kappa shape index (κ2) is 19.2. The lowest BCUT2D eigenvalue weighted by atomic mass is 9.93. The molecule has 0 amide bonds. The maximum absolute atomic E-state index is 6.52. The van der Waals surface area contributed by atoms with Crippen LogP contribution in [0.15, 0.2) is 180 Å². The summed E-state index contributed by atoms with van der Waals surface area (Å²) in [5.74, 6) is 0. The Morgan fingerprint density at radius 3 is 2.05 bits per heavy atom. The van der Waals surface area contributed by atoms with Crippen molar-refractivity contribution in [2.24, 2.45) is 5.73 Å². The van der Waals surface area contributed by atoms with Crippen LogP contribution in [-0.2, 0) is 0 Å². The number of aryl methyl sites for hydroxylation is 2. The Morgan fingerprint density at radius 1 is 0.667 bits per heavy atom. The highest BCUT2D eigenvalue weighted by molar-refractivity contribution is 6.09. The number of hydrogen-bond donors (Lipinski definition) is 3. The number of furan rings is 1. The van der Waals surface area contributed by atoms with Crippen molar-refractivity contribution >= 4 is 56.8 Å². The lowest BCUT2D eigenvalue weighted by Gasteiger charge is -2.13. The SMILES string of the molecule is C/C(=C\c1c(N)cccc1-c1cccc(-c2cccc3c2oc2ccccc23)c1)c1ccc(C)cc1.C=N.Cc1ccc2ccccc2c1.NCC1=CCCC=C1. The summed E-state index contributed by atoms with van der Waals surface area (Å²) < 4.78 is 6.31. The van der Waals surface area contributed by atoms with E-state index in [9.17, 15) is 0 Å². The van der Waals surface area contributed by atoms with E-state index in [1.165, 1.54) is 51.5 Å². The van der Waals surface area contributed by atoms with Crippen molar-refractivity contribution in [1.82, 2.24) is 0 Å². The van der Waals surface area contributed by atoms with E-state index < -0.39 is 0 Å². The van der Waals surface area contributed by atoms with Crippen molar-refractivity contribution < 1.29 is 4.42 Å². The van der Waals surface area contributed by atoms with E-state index in [0.717, 1.165) is 55.4 Å². The van der Waals surface area contributed by atoms with Crippen LogP contribution in [0.4, 0.5) is 5.69 Å². The molecule has 1 aliphatic rings. The van der Waals surface area contributed by atoms with E-state index in [1.54, 1.807) is 0 Å². The molecule has 0 atom stereocenters. The van der Waals surface area contributed by atoms with Crippen molar-refractivity contribution in [3.63, 3.8) is 0 Å². The normalized spacial score (nSPS) is 12.1. The van der Waals surface area contributed by atoms with E-state index >= 15 is 0 Å². The first-order valence-corrected chi connectivity index (χ1v) is 19.4. The first kappa shape index (κ1) is 39.9. The van der Waals surface area contributed by atoms with Gasteiger partial charge in [-0.3, -0.25) is 0 Å². The van der Waals surface area contributed by atoms with Crippen molar-refractivity contribution in [3.8, 4) is 22.3 Å². The van der Waals surface area contributed by atoms with E-state index in [-0.39, 0.29) is 0 Å². The second-order valence-electron chi connectivity index (χ2n) is 14.2. The molecule has 4 heteroatoms. The molecule has 0 saturated carbocycles. The van der Waals surface area contributed by atoms with Crippen LogP contribution in [0.2, 0.25) is 0 Å². The summed E-state index contributed by atoms with van der Waals surface area (Å²) in [6, 6.07) is 52.9. The molecule has 0 fully saturated rings. The number of nitrogens with one attached hydrogen (secondary N) is 1. The fourth-order valence-corrected chi connectivity index (χ4v) is 7.07. The average molecular weight is 746 g/mol. The summed E-state index contributed by atoms with van der Waals surface area (Å²) in [5.41, 5.74) is 26.2. The average Bonchev–Trinajstić information content (AvgIpc) is 3.65. The zero-order valence-electron chi connectivity index (χ0n) is 33.1. The molecule has 1 heterocycles.